The molecular weight excluding hydrogens is 445 g/mol. The third-order valence-electron chi connectivity index (χ3n) is 6.24. The maximum Gasteiger partial charge on any atom is 0.416 e. The van der Waals surface area contributed by atoms with Crippen LogP contribution in [0.2, 0.25) is 5.02 Å². The first-order valence-corrected chi connectivity index (χ1v) is 10.7. The number of hydrogen-bond donors (Lipinski definition) is 1. The zero-order valence-electron chi connectivity index (χ0n) is 17.1. The number of primary amides is 1. The van der Waals surface area contributed by atoms with E-state index in [9.17, 15) is 22.8 Å². The van der Waals surface area contributed by atoms with Crippen molar-refractivity contribution in [1.29, 1.82) is 0 Å². The molecule has 2 aromatic rings. The van der Waals surface area contributed by atoms with Gasteiger partial charge in [-0.3, -0.25) is 9.59 Å². The molecule has 2 amide bonds. The predicted molar refractivity (Wildman–Crippen MR) is 112 cm³/mol. The van der Waals surface area contributed by atoms with Gasteiger partial charge in [0, 0.05) is 11.6 Å². The van der Waals surface area contributed by atoms with E-state index in [1.54, 1.807) is 17.0 Å². The standard InChI is InChI=1S/C23H22ClF3N2O3/c24-17-6-2-15(3-7-17)21(11-12-21)20(31)29-13-1-10-22(14-29,19(28)30)32-18-8-4-16(5-9-18)23(25,26)27/h2-9H,1,10-14H2,(H2,28,30). The van der Waals surface area contributed by atoms with Crippen LogP contribution in [-0.4, -0.2) is 35.4 Å². The molecule has 1 saturated heterocycles. The van der Waals surface area contributed by atoms with E-state index in [1.165, 1.54) is 0 Å². The van der Waals surface area contributed by atoms with Gasteiger partial charge in [-0.05, 0) is 67.6 Å². The Hall–Kier alpha value is -2.74. The molecule has 2 fully saturated rings. The minimum Gasteiger partial charge on any atom is -0.476 e. The molecule has 0 aromatic heterocycles. The average Bonchev–Trinajstić information content (AvgIpc) is 3.55. The van der Waals surface area contributed by atoms with Gasteiger partial charge in [0.25, 0.3) is 5.91 Å². The molecule has 0 spiro atoms. The van der Waals surface area contributed by atoms with Crippen LogP contribution >= 0.6 is 11.6 Å². The fourth-order valence-corrected chi connectivity index (χ4v) is 4.42. The predicted octanol–water partition coefficient (Wildman–Crippen LogP) is 4.32. The van der Waals surface area contributed by atoms with Crippen LogP contribution in [0.5, 0.6) is 5.75 Å². The zero-order chi connectivity index (χ0) is 23.1. The van der Waals surface area contributed by atoms with Crippen molar-refractivity contribution in [1.82, 2.24) is 4.90 Å². The molecule has 2 N–H and O–H groups in total. The normalized spacial score (nSPS) is 22.3. The molecule has 9 heteroatoms. The summed E-state index contributed by atoms with van der Waals surface area (Å²) in [6.07, 6.45) is -2.36. The second-order valence-electron chi connectivity index (χ2n) is 8.40. The quantitative estimate of drug-likeness (QED) is 0.713. The number of carbonyl (C=O) groups is 2. The number of nitrogens with zero attached hydrogens (tertiary/aromatic N) is 1. The number of carbonyl (C=O) groups excluding carboxylic acids is 2. The molecule has 170 valence electrons. The monoisotopic (exact) mass is 466 g/mol. The van der Waals surface area contributed by atoms with Gasteiger partial charge in [-0.25, -0.2) is 0 Å². The Morgan fingerprint density at radius 3 is 2.16 bits per heavy atom. The second-order valence-corrected chi connectivity index (χ2v) is 8.84. The maximum atomic E-state index is 13.4. The lowest BCUT2D eigenvalue weighted by Gasteiger charge is -2.41. The molecule has 1 aliphatic heterocycles. The van der Waals surface area contributed by atoms with E-state index in [0.717, 1.165) is 29.8 Å². The van der Waals surface area contributed by atoms with E-state index in [-0.39, 0.29) is 24.6 Å². The van der Waals surface area contributed by atoms with Crippen LogP contribution < -0.4 is 10.5 Å². The van der Waals surface area contributed by atoms with E-state index < -0.39 is 28.7 Å². The van der Waals surface area contributed by atoms with Crippen LogP contribution in [0.15, 0.2) is 48.5 Å². The number of alkyl halides is 3. The van der Waals surface area contributed by atoms with Gasteiger partial charge in [0.1, 0.15) is 5.75 Å². The van der Waals surface area contributed by atoms with E-state index in [1.807, 2.05) is 12.1 Å². The fourth-order valence-electron chi connectivity index (χ4n) is 4.29. The number of rotatable bonds is 5. The zero-order valence-corrected chi connectivity index (χ0v) is 17.9. The highest BCUT2D eigenvalue weighted by atomic mass is 35.5. The lowest BCUT2D eigenvalue weighted by molar-refractivity contribution is -0.147. The number of ether oxygens (including phenoxy) is 1. The van der Waals surface area contributed by atoms with Crippen molar-refractivity contribution in [2.75, 3.05) is 13.1 Å². The second kappa shape index (κ2) is 7.99. The van der Waals surface area contributed by atoms with Crippen LogP contribution in [0, 0.1) is 0 Å². The SMILES string of the molecule is NC(=O)C1(Oc2ccc(C(F)(F)F)cc2)CCCN(C(=O)C2(c3ccc(Cl)cc3)CC2)C1. The minimum absolute atomic E-state index is 0.0580. The van der Waals surface area contributed by atoms with E-state index >= 15 is 0 Å². The fraction of sp³-hybridized carbons (Fsp3) is 0.391. The lowest BCUT2D eigenvalue weighted by atomic mass is 9.88. The molecule has 32 heavy (non-hydrogen) atoms. The first-order valence-electron chi connectivity index (χ1n) is 10.3. The number of nitrogens with two attached hydrogens (primary N) is 1. The Balaban J connectivity index is 1.55. The number of halogens is 4. The van der Waals surface area contributed by atoms with E-state index in [4.69, 9.17) is 22.1 Å². The Labute approximate surface area is 188 Å². The first-order chi connectivity index (χ1) is 15.1. The van der Waals surface area contributed by atoms with Crippen LogP contribution in [0.25, 0.3) is 0 Å². The Kier molecular flexibility index (Phi) is 5.61. The van der Waals surface area contributed by atoms with Crippen LogP contribution in [0.1, 0.15) is 36.8 Å². The summed E-state index contributed by atoms with van der Waals surface area (Å²) in [5.41, 5.74) is 3.55. The van der Waals surface area contributed by atoms with E-state index in [0.29, 0.717) is 30.8 Å². The number of hydrogen-bond acceptors (Lipinski definition) is 3. The average molecular weight is 467 g/mol. The highest BCUT2D eigenvalue weighted by Gasteiger charge is 2.55. The topological polar surface area (TPSA) is 72.6 Å². The summed E-state index contributed by atoms with van der Waals surface area (Å²) in [7, 11) is 0. The van der Waals surface area contributed by atoms with Crippen molar-refractivity contribution in [2.24, 2.45) is 5.73 Å². The van der Waals surface area contributed by atoms with Gasteiger partial charge < -0.3 is 15.4 Å². The van der Waals surface area contributed by atoms with Crippen molar-refractivity contribution < 1.29 is 27.5 Å². The third kappa shape index (κ3) is 4.16. The van der Waals surface area contributed by atoms with Gasteiger partial charge in [0.05, 0.1) is 17.5 Å². The molecule has 1 aliphatic carbocycles. The van der Waals surface area contributed by atoms with Gasteiger partial charge in [0.2, 0.25) is 11.5 Å². The molecular formula is C23H22ClF3N2O3. The summed E-state index contributed by atoms with van der Waals surface area (Å²) in [5.74, 6) is -0.780. The molecule has 0 bridgehead atoms. The summed E-state index contributed by atoms with van der Waals surface area (Å²) >= 11 is 5.97. The molecule has 1 saturated carbocycles. The van der Waals surface area contributed by atoms with Crippen molar-refractivity contribution in [3.8, 4) is 5.75 Å². The number of benzene rings is 2. The molecule has 2 aliphatic rings. The highest BCUT2D eigenvalue weighted by Crippen LogP contribution is 2.50. The number of piperidine rings is 1. The Morgan fingerprint density at radius 1 is 1.00 bits per heavy atom. The van der Waals surface area contributed by atoms with E-state index in [2.05, 4.69) is 0 Å². The summed E-state index contributed by atoms with van der Waals surface area (Å²) in [5, 5.41) is 0.577. The molecule has 1 atom stereocenters. The van der Waals surface area contributed by atoms with Crippen LogP contribution in [0.3, 0.4) is 0 Å². The van der Waals surface area contributed by atoms with Gasteiger partial charge in [-0.15, -0.1) is 0 Å². The number of amides is 2. The van der Waals surface area contributed by atoms with Crippen LogP contribution in [0.4, 0.5) is 13.2 Å². The van der Waals surface area contributed by atoms with Gasteiger partial charge in [-0.1, -0.05) is 23.7 Å². The third-order valence-corrected chi connectivity index (χ3v) is 6.49. The summed E-state index contributed by atoms with van der Waals surface area (Å²) in [4.78, 5) is 27.4. The minimum atomic E-state index is -4.48. The van der Waals surface area contributed by atoms with Gasteiger partial charge in [-0.2, -0.15) is 13.2 Å². The van der Waals surface area contributed by atoms with Crippen LogP contribution in [-0.2, 0) is 21.2 Å². The summed E-state index contributed by atoms with van der Waals surface area (Å²) in [6, 6.07) is 11.2. The largest absolute Gasteiger partial charge is 0.476 e. The van der Waals surface area contributed by atoms with Crippen molar-refractivity contribution in [3.05, 3.63) is 64.7 Å². The molecule has 4 rings (SSSR count). The molecule has 5 nitrogen and oxygen atoms in total. The molecule has 1 heterocycles. The van der Waals surface area contributed by atoms with Crippen molar-refractivity contribution in [3.63, 3.8) is 0 Å². The Morgan fingerprint density at radius 2 is 1.62 bits per heavy atom. The summed E-state index contributed by atoms with van der Waals surface area (Å²) < 4.78 is 44.4. The number of likely N-dealkylation sites (tertiary alicyclic amines) is 1. The highest BCUT2D eigenvalue weighted by molar-refractivity contribution is 6.30. The van der Waals surface area contributed by atoms with Gasteiger partial charge in [0.15, 0.2) is 0 Å². The smallest absolute Gasteiger partial charge is 0.416 e. The molecule has 0 radical (unpaired) electrons. The van der Waals surface area contributed by atoms with Crippen molar-refractivity contribution in [2.45, 2.75) is 42.9 Å². The Bertz CT molecular complexity index is 1020. The lowest BCUT2D eigenvalue weighted by Crippen LogP contribution is -2.61. The molecule has 2 aromatic carbocycles. The van der Waals surface area contributed by atoms with Gasteiger partial charge >= 0.3 is 6.18 Å². The summed E-state index contributed by atoms with van der Waals surface area (Å²) in [6.45, 7) is 0.386. The first kappa shape index (κ1) is 22.5. The maximum absolute atomic E-state index is 13.4. The van der Waals surface area contributed by atoms with Crippen molar-refractivity contribution >= 4 is 23.4 Å². The molecule has 1 unspecified atom stereocenters.